The lowest BCUT2D eigenvalue weighted by molar-refractivity contribution is 0.427. The fourth-order valence-electron chi connectivity index (χ4n) is 4.09. The second kappa shape index (κ2) is 7.51. The molecule has 5 nitrogen and oxygen atoms in total. The van der Waals surface area contributed by atoms with Crippen molar-refractivity contribution in [3.8, 4) is 22.6 Å². The molecular weight excluding hydrogens is 360 g/mol. The lowest BCUT2D eigenvalue weighted by atomic mass is 9.88. The molecule has 5 rings (SSSR count). The molecule has 1 N–H and O–H groups in total. The maximum absolute atomic E-state index is 5.64. The van der Waals surface area contributed by atoms with Gasteiger partial charge in [-0.05, 0) is 43.4 Å². The summed E-state index contributed by atoms with van der Waals surface area (Å²) in [6, 6.07) is 20.8. The molecule has 0 spiro atoms. The Balaban J connectivity index is 1.49. The molecular formula is C24H22N4O. The van der Waals surface area contributed by atoms with E-state index in [1.165, 1.54) is 11.1 Å². The van der Waals surface area contributed by atoms with Gasteiger partial charge in [-0.2, -0.15) is 0 Å². The second-order valence-electron chi connectivity index (χ2n) is 7.39. The molecule has 0 radical (unpaired) electrons. The molecule has 0 amide bonds. The minimum Gasteiger partial charge on any atom is -0.355 e. The van der Waals surface area contributed by atoms with Gasteiger partial charge in [-0.3, -0.25) is 0 Å². The van der Waals surface area contributed by atoms with Crippen molar-refractivity contribution in [3.63, 3.8) is 0 Å². The van der Waals surface area contributed by atoms with E-state index in [2.05, 4.69) is 39.7 Å². The summed E-state index contributed by atoms with van der Waals surface area (Å²) >= 11 is 0. The lowest BCUT2D eigenvalue weighted by Crippen LogP contribution is -2.18. The maximum Gasteiger partial charge on any atom is 0.223 e. The van der Waals surface area contributed by atoms with Crippen LogP contribution in [0.1, 0.15) is 35.7 Å². The number of hydrogen-bond donors (Lipinski definition) is 1. The zero-order valence-corrected chi connectivity index (χ0v) is 16.3. The van der Waals surface area contributed by atoms with Crippen LogP contribution in [0.3, 0.4) is 0 Å². The highest BCUT2D eigenvalue weighted by molar-refractivity contribution is 5.79. The van der Waals surface area contributed by atoms with Gasteiger partial charge in [0.2, 0.25) is 5.95 Å². The first kappa shape index (κ1) is 17.6. The Kier molecular flexibility index (Phi) is 4.56. The van der Waals surface area contributed by atoms with E-state index in [-0.39, 0.29) is 6.04 Å². The Morgan fingerprint density at radius 2 is 1.83 bits per heavy atom. The fraction of sp³-hybridized carbons (Fsp3) is 0.208. The molecule has 0 fully saturated rings. The summed E-state index contributed by atoms with van der Waals surface area (Å²) in [7, 11) is 0. The highest BCUT2D eigenvalue weighted by atomic mass is 16.5. The lowest BCUT2D eigenvalue weighted by Gasteiger charge is -2.26. The summed E-state index contributed by atoms with van der Waals surface area (Å²) in [5, 5.41) is 7.73. The molecule has 0 bridgehead atoms. The number of aromatic nitrogens is 3. The van der Waals surface area contributed by atoms with Gasteiger partial charge >= 0.3 is 0 Å². The molecule has 1 atom stereocenters. The molecule has 0 saturated carbocycles. The van der Waals surface area contributed by atoms with E-state index in [9.17, 15) is 0 Å². The largest absolute Gasteiger partial charge is 0.355 e. The quantitative estimate of drug-likeness (QED) is 0.498. The third-order valence-electron chi connectivity index (χ3n) is 5.48. The fourth-order valence-corrected chi connectivity index (χ4v) is 4.09. The van der Waals surface area contributed by atoms with Crippen LogP contribution in [0.4, 0.5) is 5.95 Å². The smallest absolute Gasteiger partial charge is 0.223 e. The van der Waals surface area contributed by atoms with Crippen molar-refractivity contribution in [1.29, 1.82) is 0 Å². The van der Waals surface area contributed by atoms with Crippen LogP contribution >= 0.6 is 0 Å². The van der Waals surface area contributed by atoms with Gasteiger partial charge in [-0.1, -0.05) is 59.8 Å². The second-order valence-corrected chi connectivity index (χ2v) is 7.39. The first-order valence-corrected chi connectivity index (χ1v) is 9.99. The van der Waals surface area contributed by atoms with Gasteiger partial charge in [0.15, 0.2) is 5.76 Å². The van der Waals surface area contributed by atoms with Gasteiger partial charge in [0.05, 0.1) is 23.0 Å². The first-order chi connectivity index (χ1) is 14.3. The number of nitrogens with one attached hydrogen (secondary N) is 1. The normalized spacial score (nSPS) is 15.7. The molecule has 0 saturated heterocycles. The van der Waals surface area contributed by atoms with E-state index < -0.39 is 0 Å². The molecule has 2 heterocycles. The topological polar surface area (TPSA) is 63.8 Å². The number of hydrogen-bond acceptors (Lipinski definition) is 5. The van der Waals surface area contributed by atoms with E-state index >= 15 is 0 Å². The van der Waals surface area contributed by atoms with Gasteiger partial charge in [0.25, 0.3) is 0 Å². The molecule has 0 aliphatic heterocycles. The molecule has 29 heavy (non-hydrogen) atoms. The predicted molar refractivity (Wildman–Crippen MR) is 113 cm³/mol. The highest BCUT2D eigenvalue weighted by Gasteiger charge is 2.22. The zero-order chi connectivity index (χ0) is 19.6. The predicted octanol–water partition coefficient (Wildman–Crippen LogP) is 5.60. The zero-order valence-electron chi connectivity index (χ0n) is 16.3. The Hall–Kier alpha value is -3.47. The van der Waals surface area contributed by atoms with E-state index in [0.717, 1.165) is 47.5 Å². The SMILES string of the molecule is Cc1noc(-c2ccccc2)c1-c1ccnc(NC2CCCc3ccccc32)n1. The summed E-state index contributed by atoms with van der Waals surface area (Å²) in [5.41, 5.74) is 6.27. The Bertz CT molecular complexity index is 1140. The van der Waals surface area contributed by atoms with Gasteiger partial charge < -0.3 is 9.84 Å². The third kappa shape index (κ3) is 3.40. The van der Waals surface area contributed by atoms with Crippen molar-refractivity contribution in [2.75, 3.05) is 5.32 Å². The van der Waals surface area contributed by atoms with Crippen molar-refractivity contribution >= 4 is 5.95 Å². The van der Waals surface area contributed by atoms with Crippen molar-refractivity contribution < 1.29 is 4.52 Å². The first-order valence-electron chi connectivity index (χ1n) is 9.99. The van der Waals surface area contributed by atoms with Crippen LogP contribution in [0.15, 0.2) is 71.4 Å². The molecule has 144 valence electrons. The van der Waals surface area contributed by atoms with Crippen LogP contribution in [-0.2, 0) is 6.42 Å². The van der Waals surface area contributed by atoms with Crippen LogP contribution in [0.2, 0.25) is 0 Å². The van der Waals surface area contributed by atoms with E-state index in [1.54, 1.807) is 6.20 Å². The van der Waals surface area contributed by atoms with Crippen LogP contribution < -0.4 is 5.32 Å². The van der Waals surface area contributed by atoms with E-state index in [1.807, 2.05) is 43.3 Å². The van der Waals surface area contributed by atoms with Gasteiger partial charge in [-0.25, -0.2) is 9.97 Å². The molecule has 2 aromatic heterocycles. The summed E-state index contributed by atoms with van der Waals surface area (Å²) in [4.78, 5) is 9.28. The summed E-state index contributed by atoms with van der Waals surface area (Å²) in [5.74, 6) is 1.36. The molecule has 1 unspecified atom stereocenters. The van der Waals surface area contributed by atoms with Gasteiger partial charge in [0, 0.05) is 11.8 Å². The monoisotopic (exact) mass is 382 g/mol. The molecule has 2 aromatic carbocycles. The molecule has 1 aliphatic rings. The molecule has 1 aliphatic carbocycles. The number of nitrogens with zero attached hydrogens (tertiary/aromatic N) is 3. The average Bonchev–Trinajstić information content (AvgIpc) is 3.16. The Labute approximate surface area is 169 Å². The van der Waals surface area contributed by atoms with Crippen LogP contribution in [0.25, 0.3) is 22.6 Å². The van der Waals surface area contributed by atoms with Crippen LogP contribution in [-0.4, -0.2) is 15.1 Å². The Morgan fingerprint density at radius 1 is 1.00 bits per heavy atom. The summed E-state index contributed by atoms with van der Waals surface area (Å²) < 4.78 is 5.64. The minimum absolute atomic E-state index is 0.229. The Morgan fingerprint density at radius 3 is 2.72 bits per heavy atom. The van der Waals surface area contributed by atoms with Crippen molar-refractivity contribution in [2.24, 2.45) is 0 Å². The molecule has 5 heteroatoms. The number of rotatable bonds is 4. The summed E-state index contributed by atoms with van der Waals surface area (Å²) in [6.07, 6.45) is 5.17. The average molecular weight is 382 g/mol. The standard InChI is InChI=1S/C24H22N4O/c1-16-22(23(29-28-16)18-9-3-2-4-10-18)21-14-15-25-24(27-21)26-20-13-7-11-17-8-5-6-12-19(17)20/h2-6,8-10,12,14-15,20H,7,11,13H2,1H3,(H,25,26,27). The highest BCUT2D eigenvalue weighted by Crippen LogP contribution is 2.35. The number of aryl methyl sites for hydroxylation is 2. The number of fused-ring (bicyclic) bond motifs is 1. The van der Waals surface area contributed by atoms with Crippen molar-refractivity contribution in [2.45, 2.75) is 32.2 Å². The van der Waals surface area contributed by atoms with Gasteiger partial charge in [0.1, 0.15) is 0 Å². The summed E-state index contributed by atoms with van der Waals surface area (Å²) in [6.45, 7) is 1.94. The number of anilines is 1. The van der Waals surface area contributed by atoms with Crippen molar-refractivity contribution in [3.05, 3.63) is 83.7 Å². The van der Waals surface area contributed by atoms with Crippen LogP contribution in [0.5, 0.6) is 0 Å². The third-order valence-corrected chi connectivity index (χ3v) is 5.48. The van der Waals surface area contributed by atoms with Crippen LogP contribution in [0, 0.1) is 6.92 Å². The van der Waals surface area contributed by atoms with E-state index in [0.29, 0.717) is 5.95 Å². The number of benzene rings is 2. The minimum atomic E-state index is 0.229. The van der Waals surface area contributed by atoms with E-state index in [4.69, 9.17) is 9.51 Å². The van der Waals surface area contributed by atoms with Gasteiger partial charge in [-0.15, -0.1) is 0 Å². The van der Waals surface area contributed by atoms with Crippen molar-refractivity contribution in [1.82, 2.24) is 15.1 Å². The maximum atomic E-state index is 5.64. The molecule has 4 aromatic rings.